The highest BCUT2D eigenvalue weighted by Crippen LogP contribution is 2.23. The first-order chi connectivity index (χ1) is 36.3. The lowest BCUT2D eigenvalue weighted by Crippen LogP contribution is -2.60. The van der Waals surface area contributed by atoms with Crippen molar-refractivity contribution in [2.75, 3.05) is 13.2 Å². The van der Waals surface area contributed by atoms with Gasteiger partial charge in [-0.25, -0.2) is 0 Å². The van der Waals surface area contributed by atoms with E-state index in [9.17, 15) is 30.3 Å². The molecule has 0 aromatic heterocycles. The second kappa shape index (κ2) is 52.8. The molecule has 9 nitrogen and oxygen atoms in total. The molecule has 0 aliphatic carbocycles. The second-order valence-corrected chi connectivity index (χ2v) is 19.7. The zero-order valence-electron chi connectivity index (χ0n) is 46.5. The zero-order chi connectivity index (χ0) is 53.6. The fourth-order valence-corrected chi connectivity index (χ4v) is 8.31. The molecule has 1 saturated heterocycles. The summed E-state index contributed by atoms with van der Waals surface area (Å²) >= 11 is 0. The minimum atomic E-state index is -1.58. The molecule has 1 heterocycles. The second-order valence-electron chi connectivity index (χ2n) is 19.7. The molecule has 9 heteroatoms. The van der Waals surface area contributed by atoms with Crippen molar-refractivity contribution in [3.05, 3.63) is 134 Å². The Kier molecular flexibility index (Phi) is 48.7. The van der Waals surface area contributed by atoms with Crippen LogP contribution < -0.4 is 5.32 Å². The van der Waals surface area contributed by atoms with E-state index in [-0.39, 0.29) is 12.5 Å². The Hall–Kier alpha value is -3.67. The van der Waals surface area contributed by atoms with E-state index < -0.39 is 49.5 Å². The molecule has 1 amide bonds. The van der Waals surface area contributed by atoms with Gasteiger partial charge < -0.3 is 40.3 Å². The smallest absolute Gasteiger partial charge is 0.220 e. The number of aliphatic hydroxyl groups excluding tert-OH is 5. The number of carbonyl (C=O) groups excluding carboxylic acids is 1. The lowest BCUT2D eigenvalue weighted by atomic mass is 9.99. The number of amides is 1. The monoisotopic (exact) mass is 1030 g/mol. The van der Waals surface area contributed by atoms with Gasteiger partial charge in [-0.1, -0.05) is 237 Å². The Balaban J connectivity index is 2.12. The van der Waals surface area contributed by atoms with Crippen molar-refractivity contribution in [3.8, 4) is 0 Å². The number of rotatable bonds is 48. The Morgan fingerprint density at radius 3 is 1.30 bits per heavy atom. The minimum absolute atomic E-state index is 0.198. The number of allylic oxidation sites excluding steroid dienone is 21. The predicted octanol–water partition coefficient (Wildman–Crippen LogP) is 14.9. The maximum Gasteiger partial charge on any atom is 0.220 e. The first-order valence-electron chi connectivity index (χ1n) is 29.4. The summed E-state index contributed by atoms with van der Waals surface area (Å²) in [6, 6.07) is -0.835. The minimum Gasteiger partial charge on any atom is -0.394 e. The van der Waals surface area contributed by atoms with Crippen molar-refractivity contribution in [2.45, 2.75) is 256 Å². The van der Waals surface area contributed by atoms with E-state index in [0.717, 1.165) is 103 Å². The third-order valence-corrected chi connectivity index (χ3v) is 12.9. The fourth-order valence-electron chi connectivity index (χ4n) is 8.31. The third-order valence-electron chi connectivity index (χ3n) is 12.9. The van der Waals surface area contributed by atoms with E-state index >= 15 is 0 Å². The number of ether oxygens (including phenoxy) is 2. The molecule has 1 rings (SSSR count). The lowest BCUT2D eigenvalue weighted by Gasteiger charge is -2.40. The maximum atomic E-state index is 13.0. The molecule has 6 N–H and O–H groups in total. The Morgan fingerprint density at radius 2 is 0.851 bits per heavy atom. The summed E-state index contributed by atoms with van der Waals surface area (Å²) in [6.07, 6.45) is 73.9. The summed E-state index contributed by atoms with van der Waals surface area (Å²) < 4.78 is 11.2. The highest BCUT2D eigenvalue weighted by molar-refractivity contribution is 5.76. The van der Waals surface area contributed by atoms with Crippen LogP contribution in [0.15, 0.2) is 134 Å². The molecule has 0 bridgehead atoms. The molecule has 1 fully saturated rings. The summed E-state index contributed by atoms with van der Waals surface area (Å²) in [5.74, 6) is -0.198. The third kappa shape index (κ3) is 41.6. The SMILES string of the molecule is CC/C=C\C/C=C\C/C=C\C/C=C\C/C=C\C/C=C\C/C=C\C/C=C\CCCCCCCCCCCCCCCCC(=O)NC(COC1OC(CO)C(O)C(O)C1O)C(O)/C=C/CC/C=C/CC/C=C/CCCC. The van der Waals surface area contributed by atoms with Gasteiger partial charge in [0.05, 0.1) is 25.4 Å². The van der Waals surface area contributed by atoms with Crippen molar-refractivity contribution in [1.82, 2.24) is 5.32 Å². The molecule has 0 aromatic rings. The van der Waals surface area contributed by atoms with E-state index in [4.69, 9.17) is 9.47 Å². The van der Waals surface area contributed by atoms with Crippen molar-refractivity contribution < 1.29 is 39.8 Å². The molecule has 0 saturated carbocycles. The molecular formula is C65H107NO8. The van der Waals surface area contributed by atoms with Gasteiger partial charge in [-0.15, -0.1) is 0 Å². The summed E-state index contributed by atoms with van der Waals surface area (Å²) in [6.45, 7) is 3.57. The highest BCUT2D eigenvalue weighted by atomic mass is 16.7. The number of nitrogens with one attached hydrogen (secondary N) is 1. The topological polar surface area (TPSA) is 149 Å². The molecular weight excluding hydrogens is 923 g/mol. The van der Waals surface area contributed by atoms with E-state index in [1.165, 1.54) is 89.9 Å². The first-order valence-corrected chi connectivity index (χ1v) is 29.4. The highest BCUT2D eigenvalue weighted by Gasteiger charge is 2.44. The molecule has 1 aliphatic heterocycles. The molecule has 0 aromatic carbocycles. The van der Waals surface area contributed by atoms with Gasteiger partial charge in [-0.05, 0) is 103 Å². The van der Waals surface area contributed by atoms with E-state index in [1.54, 1.807) is 6.08 Å². The van der Waals surface area contributed by atoms with Crippen LogP contribution in [-0.4, -0.2) is 87.5 Å². The van der Waals surface area contributed by atoms with Gasteiger partial charge in [0, 0.05) is 6.42 Å². The Bertz CT molecular complexity index is 1620. The van der Waals surface area contributed by atoms with Gasteiger partial charge in [0.1, 0.15) is 24.4 Å². The number of hydrogen-bond donors (Lipinski definition) is 6. The van der Waals surface area contributed by atoms with Crippen LogP contribution in [0, 0.1) is 0 Å². The molecule has 0 radical (unpaired) electrons. The number of hydrogen-bond acceptors (Lipinski definition) is 8. The standard InChI is InChI=1S/C65H107NO8/c1-3-5-7-9-11-13-15-17-18-19-20-21-22-23-24-25-26-27-28-29-30-31-32-33-34-35-36-37-38-39-40-41-42-43-45-47-49-51-53-55-61(69)66-58(57-73-65-64(72)63(71)62(70)60(56-67)74-65)59(68)54-52-50-48-46-44-16-14-12-10-8-6-4-2/h5,7,10-13,17-18,20-21,23-24,26-27,29-30,32-33,44,46,52,54,58-60,62-65,67-68,70-72H,3-4,6,8-9,14-16,19,22,25,28,31,34-43,45,47-51,53,55-57H2,1-2H3,(H,66,69)/b7-5-,12-10+,13-11-,18-17-,21-20-,24-23-,27-26-,30-29-,33-32-,46-44+,54-52+. The largest absolute Gasteiger partial charge is 0.394 e. The quantitative estimate of drug-likeness (QED) is 0.0261. The lowest BCUT2D eigenvalue weighted by molar-refractivity contribution is -0.302. The van der Waals surface area contributed by atoms with E-state index in [2.05, 4.69) is 141 Å². The summed E-state index contributed by atoms with van der Waals surface area (Å²) in [5, 5.41) is 54.3. The Labute approximate surface area is 451 Å². The molecule has 1 aliphatic rings. The van der Waals surface area contributed by atoms with Gasteiger partial charge in [0.25, 0.3) is 0 Å². The maximum absolute atomic E-state index is 13.0. The van der Waals surface area contributed by atoms with Gasteiger partial charge in [-0.2, -0.15) is 0 Å². The van der Waals surface area contributed by atoms with Crippen LogP contribution in [0.4, 0.5) is 0 Å². The average Bonchev–Trinajstić information content (AvgIpc) is 3.40. The van der Waals surface area contributed by atoms with Crippen LogP contribution in [0.5, 0.6) is 0 Å². The van der Waals surface area contributed by atoms with Gasteiger partial charge >= 0.3 is 0 Å². The summed E-state index contributed by atoms with van der Waals surface area (Å²) in [4.78, 5) is 13.0. The van der Waals surface area contributed by atoms with Crippen LogP contribution in [-0.2, 0) is 14.3 Å². The van der Waals surface area contributed by atoms with Gasteiger partial charge in [0.15, 0.2) is 6.29 Å². The van der Waals surface area contributed by atoms with E-state index in [0.29, 0.717) is 6.42 Å². The Morgan fingerprint density at radius 1 is 0.473 bits per heavy atom. The van der Waals surface area contributed by atoms with Gasteiger partial charge in [-0.3, -0.25) is 4.79 Å². The summed E-state index contributed by atoms with van der Waals surface area (Å²) in [7, 11) is 0. The fraction of sp³-hybridized carbons (Fsp3) is 0.646. The first kappa shape index (κ1) is 68.3. The van der Waals surface area contributed by atoms with Crippen molar-refractivity contribution >= 4 is 5.91 Å². The molecule has 420 valence electrons. The molecule has 7 atom stereocenters. The summed E-state index contributed by atoms with van der Waals surface area (Å²) in [5.41, 5.74) is 0. The van der Waals surface area contributed by atoms with Gasteiger partial charge in [0.2, 0.25) is 5.91 Å². The average molecular weight is 1030 g/mol. The van der Waals surface area contributed by atoms with Crippen LogP contribution in [0.1, 0.15) is 213 Å². The number of aliphatic hydroxyl groups is 5. The van der Waals surface area contributed by atoms with E-state index in [1.807, 2.05) is 6.08 Å². The zero-order valence-corrected chi connectivity index (χ0v) is 46.5. The van der Waals surface area contributed by atoms with Crippen LogP contribution in [0.3, 0.4) is 0 Å². The van der Waals surface area contributed by atoms with Crippen LogP contribution >= 0.6 is 0 Å². The van der Waals surface area contributed by atoms with Crippen LogP contribution in [0.25, 0.3) is 0 Å². The number of carbonyl (C=O) groups is 1. The van der Waals surface area contributed by atoms with Crippen molar-refractivity contribution in [1.29, 1.82) is 0 Å². The molecule has 74 heavy (non-hydrogen) atoms. The molecule has 0 spiro atoms. The number of unbranched alkanes of at least 4 members (excludes halogenated alkanes) is 18. The van der Waals surface area contributed by atoms with Crippen molar-refractivity contribution in [3.63, 3.8) is 0 Å². The normalized spacial score (nSPS) is 20.0. The molecule has 7 unspecified atom stereocenters. The van der Waals surface area contributed by atoms with Crippen molar-refractivity contribution in [2.24, 2.45) is 0 Å². The predicted molar refractivity (Wildman–Crippen MR) is 313 cm³/mol. The van der Waals surface area contributed by atoms with Crippen LogP contribution in [0.2, 0.25) is 0 Å².